The van der Waals surface area contributed by atoms with Gasteiger partial charge in [-0.25, -0.2) is 13.1 Å². The van der Waals surface area contributed by atoms with Crippen molar-refractivity contribution in [3.8, 4) is 0 Å². The van der Waals surface area contributed by atoms with Crippen molar-refractivity contribution in [1.82, 2.24) is 4.72 Å². The fraction of sp³-hybridized carbons (Fsp3) is 1.00. The molecule has 0 amide bonds. The van der Waals surface area contributed by atoms with Crippen LogP contribution in [0, 0.1) is 0 Å². The normalized spacial score (nSPS) is 14.6. The van der Waals surface area contributed by atoms with E-state index in [0.717, 1.165) is 6.42 Å². The molecule has 0 aromatic heterocycles. The van der Waals surface area contributed by atoms with Crippen molar-refractivity contribution >= 4 is 10.0 Å². The number of hydrogen-bond donors (Lipinski definition) is 2. The second kappa shape index (κ2) is 5.50. The van der Waals surface area contributed by atoms with Crippen molar-refractivity contribution in [2.24, 2.45) is 0 Å². The van der Waals surface area contributed by atoms with Crippen molar-refractivity contribution in [1.29, 1.82) is 0 Å². The van der Waals surface area contributed by atoms with Gasteiger partial charge >= 0.3 is 0 Å². The van der Waals surface area contributed by atoms with Crippen LogP contribution in [0.2, 0.25) is 0 Å². The smallest absolute Gasteiger partial charge is 0.211 e. The average Bonchev–Trinajstić information content (AvgIpc) is 2.02. The van der Waals surface area contributed by atoms with Crippen molar-refractivity contribution in [2.45, 2.75) is 32.8 Å². The van der Waals surface area contributed by atoms with Crippen LogP contribution in [-0.4, -0.2) is 31.9 Å². The first-order valence-electron chi connectivity index (χ1n) is 4.17. The monoisotopic (exact) mass is 195 g/mol. The van der Waals surface area contributed by atoms with Crippen LogP contribution in [0.1, 0.15) is 26.7 Å². The van der Waals surface area contributed by atoms with Gasteiger partial charge in [0.25, 0.3) is 0 Å². The van der Waals surface area contributed by atoms with E-state index in [1.165, 1.54) is 0 Å². The molecule has 0 saturated carbocycles. The lowest BCUT2D eigenvalue weighted by Crippen LogP contribution is -2.32. The Morgan fingerprint density at radius 3 is 2.42 bits per heavy atom. The van der Waals surface area contributed by atoms with Gasteiger partial charge in [-0.3, -0.25) is 0 Å². The van der Waals surface area contributed by atoms with Crippen LogP contribution in [0.15, 0.2) is 0 Å². The van der Waals surface area contributed by atoms with Gasteiger partial charge in [0, 0.05) is 6.54 Å². The second-order valence-corrected chi connectivity index (χ2v) is 4.79. The highest BCUT2D eigenvalue weighted by atomic mass is 32.2. The highest BCUT2D eigenvalue weighted by Crippen LogP contribution is 1.94. The van der Waals surface area contributed by atoms with Crippen molar-refractivity contribution in [3.63, 3.8) is 0 Å². The summed E-state index contributed by atoms with van der Waals surface area (Å²) in [6.07, 6.45) is 0.928. The lowest BCUT2D eigenvalue weighted by atomic mass is 10.2. The molecule has 0 saturated heterocycles. The van der Waals surface area contributed by atoms with E-state index in [9.17, 15) is 13.5 Å². The molecule has 1 atom stereocenters. The van der Waals surface area contributed by atoms with Crippen molar-refractivity contribution in [3.05, 3.63) is 0 Å². The summed E-state index contributed by atoms with van der Waals surface area (Å²) in [4.78, 5) is 0. The molecule has 74 valence electrons. The first-order chi connectivity index (χ1) is 5.52. The molecule has 0 radical (unpaired) electrons. The predicted molar refractivity (Wildman–Crippen MR) is 48.4 cm³/mol. The van der Waals surface area contributed by atoms with Gasteiger partial charge in [0.1, 0.15) is 0 Å². The van der Waals surface area contributed by atoms with Gasteiger partial charge in [0.2, 0.25) is 10.0 Å². The van der Waals surface area contributed by atoms with E-state index in [2.05, 4.69) is 4.72 Å². The summed E-state index contributed by atoms with van der Waals surface area (Å²) in [5, 5.41) is 9.18. The molecule has 4 nitrogen and oxygen atoms in total. The lowest BCUT2D eigenvalue weighted by Gasteiger charge is -2.09. The molecule has 0 aromatic rings. The van der Waals surface area contributed by atoms with E-state index in [4.69, 9.17) is 0 Å². The third-order valence-corrected chi connectivity index (χ3v) is 2.91. The zero-order valence-corrected chi connectivity index (χ0v) is 8.39. The molecule has 0 aromatic carbocycles. The molecule has 0 bridgehead atoms. The van der Waals surface area contributed by atoms with Gasteiger partial charge in [-0.15, -0.1) is 0 Å². The number of rotatable bonds is 6. The Morgan fingerprint density at radius 2 is 2.00 bits per heavy atom. The quantitative estimate of drug-likeness (QED) is 0.631. The maximum atomic E-state index is 10.9. The van der Waals surface area contributed by atoms with Gasteiger partial charge in [-0.2, -0.15) is 0 Å². The molecular weight excluding hydrogens is 178 g/mol. The number of aliphatic hydroxyl groups excluding tert-OH is 1. The van der Waals surface area contributed by atoms with Gasteiger partial charge in [0.05, 0.1) is 11.9 Å². The van der Waals surface area contributed by atoms with Crippen molar-refractivity contribution in [2.75, 3.05) is 12.3 Å². The van der Waals surface area contributed by atoms with Crippen LogP contribution >= 0.6 is 0 Å². The van der Waals surface area contributed by atoms with E-state index in [0.29, 0.717) is 6.42 Å². The summed E-state index contributed by atoms with van der Waals surface area (Å²) in [5.41, 5.74) is 0. The van der Waals surface area contributed by atoms with Crippen LogP contribution in [0.5, 0.6) is 0 Å². The molecule has 0 aliphatic carbocycles. The molecule has 2 N–H and O–H groups in total. The zero-order chi connectivity index (χ0) is 9.61. The number of sulfonamides is 1. The summed E-state index contributed by atoms with van der Waals surface area (Å²) in [7, 11) is -3.14. The minimum atomic E-state index is -3.14. The number of nitrogens with one attached hydrogen (secondary N) is 1. The first-order valence-corrected chi connectivity index (χ1v) is 5.82. The highest BCUT2D eigenvalue weighted by Gasteiger charge is 2.09. The average molecular weight is 195 g/mol. The minimum absolute atomic E-state index is 0.0614. The maximum absolute atomic E-state index is 10.9. The van der Waals surface area contributed by atoms with Gasteiger partial charge < -0.3 is 5.11 Å². The van der Waals surface area contributed by atoms with E-state index < -0.39 is 16.1 Å². The standard InChI is InChI=1S/C7H17NO3S/c1-3-5-7(9)6-8-12(10,11)4-2/h7-9H,3-6H2,1-2H3. The Bertz CT molecular complexity index is 201. The Labute approximate surface area is 74.0 Å². The summed E-state index contributed by atoms with van der Waals surface area (Å²) in [6, 6.07) is 0. The maximum Gasteiger partial charge on any atom is 0.211 e. The molecule has 0 spiro atoms. The fourth-order valence-electron chi connectivity index (χ4n) is 0.761. The summed E-state index contributed by atoms with van der Waals surface area (Å²) < 4.78 is 24.1. The van der Waals surface area contributed by atoms with Crippen molar-refractivity contribution < 1.29 is 13.5 Å². The third-order valence-electron chi connectivity index (χ3n) is 1.54. The summed E-state index contributed by atoms with van der Waals surface area (Å²) >= 11 is 0. The molecular formula is C7H17NO3S. The third kappa shape index (κ3) is 5.51. The second-order valence-electron chi connectivity index (χ2n) is 2.69. The van der Waals surface area contributed by atoms with Gasteiger partial charge in [-0.05, 0) is 13.3 Å². The van der Waals surface area contributed by atoms with Crippen LogP contribution in [0.4, 0.5) is 0 Å². The number of aliphatic hydroxyl groups is 1. The fourth-order valence-corrected chi connectivity index (χ4v) is 1.41. The number of hydrogen-bond acceptors (Lipinski definition) is 3. The Hall–Kier alpha value is -0.130. The predicted octanol–water partition coefficient (Wildman–Crippen LogP) is 0.0867. The topological polar surface area (TPSA) is 66.4 Å². The molecule has 0 fully saturated rings. The summed E-state index contributed by atoms with van der Waals surface area (Å²) in [5.74, 6) is 0.0614. The molecule has 0 rings (SSSR count). The Kier molecular flexibility index (Phi) is 5.44. The van der Waals surface area contributed by atoms with Crippen LogP contribution in [-0.2, 0) is 10.0 Å². The molecule has 0 aliphatic rings. The SMILES string of the molecule is CCCC(O)CNS(=O)(=O)CC. The lowest BCUT2D eigenvalue weighted by molar-refractivity contribution is 0.167. The van der Waals surface area contributed by atoms with Gasteiger partial charge in [0.15, 0.2) is 0 Å². The van der Waals surface area contributed by atoms with Crippen LogP contribution in [0.25, 0.3) is 0 Å². The van der Waals surface area contributed by atoms with E-state index in [-0.39, 0.29) is 12.3 Å². The van der Waals surface area contributed by atoms with Crippen LogP contribution in [0.3, 0.4) is 0 Å². The first kappa shape index (κ1) is 11.9. The Balaban J connectivity index is 3.68. The highest BCUT2D eigenvalue weighted by molar-refractivity contribution is 7.89. The van der Waals surface area contributed by atoms with E-state index in [1.54, 1.807) is 6.92 Å². The molecule has 1 unspecified atom stereocenters. The van der Waals surface area contributed by atoms with E-state index in [1.807, 2.05) is 6.92 Å². The molecule has 12 heavy (non-hydrogen) atoms. The molecule has 0 aliphatic heterocycles. The van der Waals surface area contributed by atoms with Crippen LogP contribution < -0.4 is 4.72 Å². The van der Waals surface area contributed by atoms with Gasteiger partial charge in [-0.1, -0.05) is 13.3 Å². The summed E-state index contributed by atoms with van der Waals surface area (Å²) in [6.45, 7) is 3.64. The molecule has 0 heterocycles. The van der Waals surface area contributed by atoms with E-state index >= 15 is 0 Å². The Morgan fingerprint density at radius 1 is 1.42 bits per heavy atom. The molecule has 5 heteroatoms. The minimum Gasteiger partial charge on any atom is -0.392 e. The largest absolute Gasteiger partial charge is 0.392 e. The zero-order valence-electron chi connectivity index (χ0n) is 7.58.